The summed E-state index contributed by atoms with van der Waals surface area (Å²) in [5.74, 6) is 0.0190. The summed E-state index contributed by atoms with van der Waals surface area (Å²) in [6, 6.07) is 7.12. The van der Waals surface area contributed by atoms with Gasteiger partial charge in [0.15, 0.2) is 5.52 Å². The molecule has 0 bridgehead atoms. The zero-order valence-corrected chi connectivity index (χ0v) is 22.0. The maximum atomic E-state index is 13.0. The minimum absolute atomic E-state index is 0. The van der Waals surface area contributed by atoms with Gasteiger partial charge in [-0.3, -0.25) is 14.0 Å². The molecule has 10 heteroatoms. The zero-order chi connectivity index (χ0) is 23.3. The molecule has 0 spiro atoms. The zero-order valence-electron chi connectivity index (χ0n) is 20.0. The molecule has 0 unspecified atom stereocenters. The summed E-state index contributed by atoms with van der Waals surface area (Å²) in [6.45, 7) is 6.56. The average molecular weight is 464 g/mol. The van der Waals surface area contributed by atoms with Crippen molar-refractivity contribution in [1.82, 2.24) is 19.3 Å². The van der Waals surface area contributed by atoms with Crippen molar-refractivity contribution < 1.29 is 48.9 Å². The van der Waals surface area contributed by atoms with Crippen LogP contribution in [0.4, 0.5) is 0 Å². The van der Waals surface area contributed by atoms with Gasteiger partial charge in [-0.25, -0.2) is 4.98 Å². The number of benzene rings is 1. The fraction of sp³-hybridized carbons (Fsp3) is 0.478. The first-order valence-corrected chi connectivity index (χ1v) is 10.8. The second kappa shape index (κ2) is 12.3. The van der Waals surface area contributed by atoms with Gasteiger partial charge in [0, 0.05) is 20.1 Å². The molecule has 33 heavy (non-hydrogen) atoms. The van der Waals surface area contributed by atoms with Gasteiger partial charge in [0.25, 0.3) is 5.56 Å². The molecule has 172 valence electrons. The Hall–Kier alpha value is -2.20. The first-order valence-electron chi connectivity index (χ1n) is 10.8. The molecule has 0 fully saturated rings. The van der Waals surface area contributed by atoms with E-state index in [0.29, 0.717) is 35.8 Å². The van der Waals surface area contributed by atoms with Crippen LogP contribution in [0.5, 0.6) is 5.75 Å². The Kier molecular flexibility index (Phi) is 10.1. The van der Waals surface area contributed by atoms with Crippen molar-refractivity contribution in [1.29, 1.82) is 0 Å². The number of aliphatic carboxylic acids is 1. The van der Waals surface area contributed by atoms with Gasteiger partial charge in [0.05, 0.1) is 18.2 Å². The Morgan fingerprint density at radius 1 is 1.21 bits per heavy atom. The number of rotatable bonds is 11. The molecule has 3 aromatic rings. The van der Waals surface area contributed by atoms with E-state index in [1.165, 1.54) is 0 Å². The first kappa shape index (κ1) is 27.0. The molecule has 0 amide bonds. The van der Waals surface area contributed by atoms with Crippen molar-refractivity contribution in [3.63, 3.8) is 0 Å². The van der Waals surface area contributed by atoms with E-state index in [4.69, 9.17) is 9.47 Å². The van der Waals surface area contributed by atoms with E-state index in [1.807, 2.05) is 6.92 Å². The Labute approximate surface area is 215 Å². The predicted octanol–water partition coefficient (Wildman–Crippen LogP) is -1.83. The van der Waals surface area contributed by atoms with Crippen molar-refractivity contribution in [2.75, 3.05) is 13.2 Å². The molecule has 1 atom stereocenters. The molecule has 9 nitrogen and oxygen atoms in total. The fourth-order valence-electron chi connectivity index (χ4n) is 3.69. The summed E-state index contributed by atoms with van der Waals surface area (Å²) >= 11 is 0. The van der Waals surface area contributed by atoms with Crippen LogP contribution in [-0.2, 0) is 36.0 Å². The normalized spacial score (nSPS) is 11.9. The van der Waals surface area contributed by atoms with E-state index in [-0.39, 0.29) is 48.1 Å². The summed E-state index contributed by atoms with van der Waals surface area (Å²) in [7, 11) is 1.76. The number of carbonyl (C=O) groups is 1. The largest absolute Gasteiger partial charge is 1.00 e. The molecule has 2 heterocycles. The molecule has 0 saturated heterocycles. The number of nitrogens with zero attached hydrogens (tertiary/aromatic N) is 4. The van der Waals surface area contributed by atoms with Gasteiger partial charge in [-0.05, 0) is 38.0 Å². The van der Waals surface area contributed by atoms with Gasteiger partial charge in [-0.15, -0.1) is 0 Å². The SMILES string of the molecule is CCCc1nn(C)c2c(=O)n(CCOc3ccc(C[C@@H](OCC)C(=O)[O-])cc3)c(C)nc12.[Na+]. The molecule has 1 aromatic carbocycles. The van der Waals surface area contributed by atoms with Crippen LogP contribution in [0.3, 0.4) is 0 Å². The topological polar surface area (TPSA) is 111 Å². The summed E-state index contributed by atoms with van der Waals surface area (Å²) in [5, 5.41) is 15.6. The molecule has 0 aliphatic rings. The van der Waals surface area contributed by atoms with E-state index in [1.54, 1.807) is 47.5 Å². The molecule has 2 aromatic heterocycles. The minimum atomic E-state index is -1.23. The van der Waals surface area contributed by atoms with Gasteiger partial charge < -0.3 is 19.4 Å². The predicted molar refractivity (Wildman–Crippen MR) is 118 cm³/mol. The number of hydrogen-bond acceptors (Lipinski definition) is 7. The Bertz CT molecular complexity index is 1140. The van der Waals surface area contributed by atoms with Gasteiger partial charge in [0.2, 0.25) is 0 Å². The minimum Gasteiger partial charge on any atom is -0.547 e. The van der Waals surface area contributed by atoms with Crippen LogP contribution in [0.15, 0.2) is 29.1 Å². The third-order valence-electron chi connectivity index (χ3n) is 5.25. The standard InChI is InChI=1S/C23H30N4O5.Na/c1-5-7-18-20-21(26(4)25-18)22(28)27(15(3)24-20)12-13-32-17-10-8-16(9-11-17)14-19(23(29)30)31-6-2;/h8-11,19H,5-7,12-14H2,1-4H3,(H,29,30);/q;+1/p-1/t19-;/m1./s1. The second-order valence-electron chi connectivity index (χ2n) is 7.59. The quantitative estimate of drug-likeness (QED) is 0.307. The van der Waals surface area contributed by atoms with E-state index in [0.717, 1.165) is 24.1 Å². The summed E-state index contributed by atoms with van der Waals surface area (Å²) < 4.78 is 14.2. The number of carboxylic acids is 1. The van der Waals surface area contributed by atoms with Crippen molar-refractivity contribution >= 4 is 17.0 Å². The molecular weight excluding hydrogens is 435 g/mol. The Balaban J connectivity index is 0.00000385. The molecule has 0 N–H and O–H groups in total. The third kappa shape index (κ3) is 6.44. The van der Waals surface area contributed by atoms with E-state index >= 15 is 0 Å². The summed E-state index contributed by atoms with van der Waals surface area (Å²) in [5.41, 5.74) is 2.69. The second-order valence-corrected chi connectivity index (χ2v) is 7.59. The smallest absolute Gasteiger partial charge is 0.547 e. The summed E-state index contributed by atoms with van der Waals surface area (Å²) in [6.07, 6.45) is 0.957. The van der Waals surface area contributed by atoms with Crippen LogP contribution >= 0.6 is 0 Å². The maximum Gasteiger partial charge on any atom is 1.00 e. The van der Waals surface area contributed by atoms with Crippen molar-refractivity contribution in [3.05, 3.63) is 51.7 Å². The molecule has 0 aliphatic heterocycles. The van der Waals surface area contributed by atoms with Gasteiger partial charge in [0.1, 0.15) is 29.8 Å². The van der Waals surface area contributed by atoms with Crippen LogP contribution in [0.25, 0.3) is 11.0 Å². The van der Waals surface area contributed by atoms with Gasteiger partial charge in [-0.2, -0.15) is 5.10 Å². The van der Waals surface area contributed by atoms with Crippen LogP contribution in [0.1, 0.15) is 37.4 Å². The molecule has 3 rings (SSSR count). The van der Waals surface area contributed by atoms with Crippen molar-refractivity contribution in [2.45, 2.75) is 52.7 Å². The van der Waals surface area contributed by atoms with Gasteiger partial charge in [-0.1, -0.05) is 25.5 Å². The monoisotopic (exact) mass is 464 g/mol. The van der Waals surface area contributed by atoms with E-state index < -0.39 is 12.1 Å². The molecule has 0 saturated carbocycles. The number of carbonyl (C=O) groups excluding carboxylic acids is 1. The number of aromatic nitrogens is 4. The number of ether oxygens (including phenoxy) is 2. The number of hydrogen-bond donors (Lipinski definition) is 0. The van der Waals surface area contributed by atoms with Crippen LogP contribution in [-0.4, -0.2) is 44.6 Å². The number of aryl methyl sites for hydroxylation is 3. The van der Waals surface area contributed by atoms with Crippen LogP contribution < -0.4 is 45.0 Å². The van der Waals surface area contributed by atoms with Crippen molar-refractivity contribution in [2.24, 2.45) is 7.05 Å². The first-order chi connectivity index (χ1) is 15.3. The Morgan fingerprint density at radius 3 is 2.52 bits per heavy atom. The molecule has 0 radical (unpaired) electrons. The van der Waals surface area contributed by atoms with E-state index in [9.17, 15) is 14.7 Å². The number of fused-ring (bicyclic) bond motifs is 1. The molecular formula is C23H29N4NaO5. The van der Waals surface area contributed by atoms with Crippen LogP contribution in [0, 0.1) is 6.92 Å². The molecule has 0 aliphatic carbocycles. The average Bonchev–Trinajstić information content (AvgIpc) is 3.06. The third-order valence-corrected chi connectivity index (χ3v) is 5.25. The summed E-state index contributed by atoms with van der Waals surface area (Å²) in [4.78, 5) is 28.8. The van der Waals surface area contributed by atoms with E-state index in [2.05, 4.69) is 17.0 Å². The Morgan fingerprint density at radius 2 is 1.91 bits per heavy atom. The fourth-order valence-corrected chi connectivity index (χ4v) is 3.69. The van der Waals surface area contributed by atoms with Crippen LogP contribution in [0.2, 0.25) is 0 Å². The van der Waals surface area contributed by atoms with Crippen molar-refractivity contribution in [3.8, 4) is 5.75 Å². The number of carboxylic acid groups (broad SMARTS) is 1. The maximum absolute atomic E-state index is 13.0. The van der Waals surface area contributed by atoms with Gasteiger partial charge >= 0.3 is 29.6 Å².